The standard InChI is InChI=1S/C8H16N2/c1-5-7(2)6-8(9-3)10-4/h2,5-6H2,1,3-4H3,(H,9,10). The van der Waals surface area contributed by atoms with E-state index >= 15 is 0 Å². The van der Waals surface area contributed by atoms with Gasteiger partial charge in [0.2, 0.25) is 0 Å². The predicted octanol–water partition coefficient (Wildman–Crippen LogP) is 1.59. The lowest BCUT2D eigenvalue weighted by Crippen LogP contribution is -2.18. The molecule has 0 saturated carbocycles. The molecule has 0 rings (SSSR count). The summed E-state index contributed by atoms with van der Waals surface area (Å²) < 4.78 is 0. The van der Waals surface area contributed by atoms with E-state index in [0.29, 0.717) is 0 Å². The summed E-state index contributed by atoms with van der Waals surface area (Å²) >= 11 is 0. The van der Waals surface area contributed by atoms with E-state index in [0.717, 1.165) is 18.7 Å². The van der Waals surface area contributed by atoms with Crippen molar-refractivity contribution in [3.63, 3.8) is 0 Å². The summed E-state index contributed by atoms with van der Waals surface area (Å²) in [6.45, 7) is 5.99. The van der Waals surface area contributed by atoms with Crippen molar-refractivity contribution >= 4 is 5.84 Å². The van der Waals surface area contributed by atoms with E-state index in [2.05, 4.69) is 23.8 Å². The van der Waals surface area contributed by atoms with Crippen LogP contribution in [0.15, 0.2) is 17.1 Å². The van der Waals surface area contributed by atoms with Crippen LogP contribution in [-0.4, -0.2) is 19.9 Å². The van der Waals surface area contributed by atoms with Crippen molar-refractivity contribution in [2.75, 3.05) is 14.1 Å². The molecule has 1 N–H and O–H groups in total. The third-order valence-electron chi connectivity index (χ3n) is 1.48. The molecule has 0 unspecified atom stereocenters. The van der Waals surface area contributed by atoms with Gasteiger partial charge >= 0.3 is 0 Å². The molecule has 0 aliphatic carbocycles. The fourth-order valence-electron chi connectivity index (χ4n) is 0.641. The SMILES string of the molecule is C=C(CC)C/C(=N\C)NC. The molecular formula is C8H16N2. The van der Waals surface area contributed by atoms with Crippen LogP contribution in [0.2, 0.25) is 0 Å². The van der Waals surface area contributed by atoms with Crippen molar-refractivity contribution < 1.29 is 0 Å². The minimum absolute atomic E-state index is 0.878. The monoisotopic (exact) mass is 140 g/mol. The van der Waals surface area contributed by atoms with Crippen molar-refractivity contribution in [1.82, 2.24) is 5.32 Å². The first-order valence-electron chi connectivity index (χ1n) is 3.54. The van der Waals surface area contributed by atoms with Gasteiger partial charge in [-0.1, -0.05) is 19.1 Å². The minimum Gasteiger partial charge on any atom is -0.377 e. The minimum atomic E-state index is 0.878. The van der Waals surface area contributed by atoms with Crippen molar-refractivity contribution in [3.8, 4) is 0 Å². The Bertz CT molecular complexity index is 136. The number of aliphatic imine (C=N–C) groups is 1. The van der Waals surface area contributed by atoms with E-state index in [1.54, 1.807) is 7.05 Å². The molecular weight excluding hydrogens is 124 g/mol. The maximum Gasteiger partial charge on any atom is 0.0997 e. The molecule has 10 heavy (non-hydrogen) atoms. The van der Waals surface area contributed by atoms with Gasteiger partial charge in [-0.3, -0.25) is 4.99 Å². The molecule has 0 aromatic heterocycles. The highest BCUT2D eigenvalue weighted by Crippen LogP contribution is 2.02. The van der Waals surface area contributed by atoms with Gasteiger partial charge in [-0.25, -0.2) is 0 Å². The number of hydrogen-bond acceptors (Lipinski definition) is 1. The van der Waals surface area contributed by atoms with Gasteiger partial charge in [0.15, 0.2) is 0 Å². The van der Waals surface area contributed by atoms with Crippen LogP contribution < -0.4 is 5.32 Å². The van der Waals surface area contributed by atoms with Crippen molar-refractivity contribution in [2.45, 2.75) is 19.8 Å². The first kappa shape index (κ1) is 9.21. The van der Waals surface area contributed by atoms with Crippen LogP contribution in [0.3, 0.4) is 0 Å². The van der Waals surface area contributed by atoms with Gasteiger partial charge < -0.3 is 5.32 Å². The second-order valence-electron chi connectivity index (χ2n) is 2.20. The summed E-state index contributed by atoms with van der Waals surface area (Å²) in [7, 11) is 3.67. The van der Waals surface area contributed by atoms with Crippen molar-refractivity contribution in [3.05, 3.63) is 12.2 Å². The van der Waals surface area contributed by atoms with Gasteiger partial charge in [0.1, 0.15) is 0 Å². The number of nitrogens with one attached hydrogen (secondary N) is 1. The Labute approximate surface area is 63.0 Å². The highest BCUT2D eigenvalue weighted by Gasteiger charge is 1.95. The quantitative estimate of drug-likeness (QED) is 0.359. The summed E-state index contributed by atoms with van der Waals surface area (Å²) in [5.74, 6) is 1.01. The van der Waals surface area contributed by atoms with E-state index in [1.807, 2.05) is 7.05 Å². The molecule has 0 spiro atoms. The van der Waals surface area contributed by atoms with Crippen LogP contribution in [0, 0.1) is 0 Å². The molecule has 0 radical (unpaired) electrons. The van der Waals surface area contributed by atoms with Gasteiger partial charge in [0.25, 0.3) is 0 Å². The molecule has 0 aliphatic rings. The molecule has 0 aromatic rings. The summed E-state index contributed by atoms with van der Waals surface area (Å²) in [4.78, 5) is 4.04. The van der Waals surface area contributed by atoms with Crippen LogP contribution in [0.25, 0.3) is 0 Å². The molecule has 58 valence electrons. The average Bonchev–Trinajstić information content (AvgIpc) is 1.99. The van der Waals surface area contributed by atoms with E-state index in [9.17, 15) is 0 Å². The Hall–Kier alpha value is -0.790. The molecule has 0 heterocycles. The lowest BCUT2D eigenvalue weighted by atomic mass is 10.1. The Kier molecular flexibility index (Phi) is 4.63. The largest absolute Gasteiger partial charge is 0.377 e. The van der Waals surface area contributed by atoms with Crippen LogP contribution in [0.5, 0.6) is 0 Å². The van der Waals surface area contributed by atoms with E-state index in [-0.39, 0.29) is 0 Å². The van der Waals surface area contributed by atoms with Gasteiger partial charge in [-0.2, -0.15) is 0 Å². The maximum absolute atomic E-state index is 4.04. The van der Waals surface area contributed by atoms with Crippen LogP contribution in [0.4, 0.5) is 0 Å². The maximum atomic E-state index is 4.04. The first-order chi connectivity index (χ1) is 4.74. The normalized spacial score (nSPS) is 11.3. The second-order valence-corrected chi connectivity index (χ2v) is 2.20. The molecule has 0 atom stereocenters. The third-order valence-corrected chi connectivity index (χ3v) is 1.48. The molecule has 2 heteroatoms. The van der Waals surface area contributed by atoms with Gasteiger partial charge in [-0.05, 0) is 6.42 Å². The van der Waals surface area contributed by atoms with Gasteiger partial charge in [0, 0.05) is 20.5 Å². The predicted molar refractivity (Wildman–Crippen MR) is 46.5 cm³/mol. The Balaban J connectivity index is 3.76. The summed E-state index contributed by atoms with van der Waals surface area (Å²) in [5, 5.41) is 3.01. The molecule has 2 nitrogen and oxygen atoms in total. The Morgan fingerprint density at radius 1 is 1.60 bits per heavy atom. The van der Waals surface area contributed by atoms with Crippen LogP contribution >= 0.6 is 0 Å². The second kappa shape index (κ2) is 5.03. The highest BCUT2D eigenvalue weighted by molar-refractivity contribution is 5.83. The molecule has 0 saturated heterocycles. The van der Waals surface area contributed by atoms with Crippen LogP contribution in [-0.2, 0) is 0 Å². The number of rotatable bonds is 3. The Morgan fingerprint density at radius 2 is 2.20 bits per heavy atom. The lowest BCUT2D eigenvalue weighted by Gasteiger charge is -2.04. The van der Waals surface area contributed by atoms with E-state index < -0.39 is 0 Å². The molecule has 0 fully saturated rings. The zero-order chi connectivity index (χ0) is 7.98. The topological polar surface area (TPSA) is 24.4 Å². The van der Waals surface area contributed by atoms with E-state index in [1.165, 1.54) is 5.57 Å². The number of nitrogens with zero attached hydrogens (tertiary/aromatic N) is 1. The molecule has 0 amide bonds. The van der Waals surface area contributed by atoms with E-state index in [4.69, 9.17) is 0 Å². The molecule has 0 aromatic carbocycles. The summed E-state index contributed by atoms with van der Waals surface area (Å²) in [5.41, 5.74) is 1.22. The lowest BCUT2D eigenvalue weighted by molar-refractivity contribution is 1.01. The van der Waals surface area contributed by atoms with Crippen LogP contribution in [0.1, 0.15) is 19.8 Å². The third kappa shape index (κ3) is 3.28. The fraction of sp³-hybridized carbons (Fsp3) is 0.625. The summed E-state index contributed by atoms with van der Waals surface area (Å²) in [6.07, 6.45) is 1.91. The highest BCUT2D eigenvalue weighted by atomic mass is 14.9. The van der Waals surface area contributed by atoms with Gasteiger partial charge in [-0.15, -0.1) is 0 Å². The number of amidine groups is 1. The summed E-state index contributed by atoms with van der Waals surface area (Å²) in [6, 6.07) is 0. The fourth-order valence-corrected chi connectivity index (χ4v) is 0.641. The molecule has 0 bridgehead atoms. The van der Waals surface area contributed by atoms with Gasteiger partial charge in [0.05, 0.1) is 5.84 Å². The zero-order valence-electron chi connectivity index (χ0n) is 7.07. The number of hydrogen-bond donors (Lipinski definition) is 1. The zero-order valence-corrected chi connectivity index (χ0v) is 7.07. The Morgan fingerprint density at radius 3 is 2.50 bits per heavy atom. The van der Waals surface area contributed by atoms with Crippen molar-refractivity contribution in [1.29, 1.82) is 0 Å². The first-order valence-corrected chi connectivity index (χ1v) is 3.54. The van der Waals surface area contributed by atoms with Crippen molar-refractivity contribution in [2.24, 2.45) is 4.99 Å². The molecule has 0 aliphatic heterocycles. The average molecular weight is 140 g/mol. The smallest absolute Gasteiger partial charge is 0.0997 e.